The number of carboxylic acid groups (broad SMARTS) is 1. The predicted molar refractivity (Wildman–Crippen MR) is 82.9 cm³/mol. The Bertz CT molecular complexity index is 549. The number of carboxylic acids is 1. The average molecular weight is 311 g/mol. The predicted octanol–water partition coefficient (Wildman–Crippen LogP) is 2.41. The third kappa shape index (κ3) is 5.77. The number of hydrogen-bond donors (Lipinski definition) is 3. The molecule has 0 heterocycles. The molecule has 0 aliphatic heterocycles. The lowest BCUT2D eigenvalue weighted by Gasteiger charge is -2.19. The van der Waals surface area contributed by atoms with Gasteiger partial charge in [0.15, 0.2) is 0 Å². The zero-order valence-electron chi connectivity index (χ0n) is 12.7. The molecule has 0 aliphatic carbocycles. The van der Waals surface area contributed by atoms with Crippen molar-refractivity contribution in [1.82, 2.24) is 5.32 Å². The van der Waals surface area contributed by atoms with Gasteiger partial charge in [0.2, 0.25) is 0 Å². The quantitative estimate of drug-likeness (QED) is 0.575. The van der Waals surface area contributed by atoms with E-state index in [1.807, 2.05) is 6.92 Å². The average Bonchev–Trinajstić information content (AvgIpc) is 2.31. The van der Waals surface area contributed by atoms with E-state index in [2.05, 4.69) is 17.9 Å². The van der Waals surface area contributed by atoms with Crippen molar-refractivity contribution < 1.29 is 19.4 Å². The SMILES string of the molecule is Cc1c(S)cc(C(=O)O)cc1CNCC(=O)OC(C)(C)C. The molecular formula is C15H21NO4S. The topological polar surface area (TPSA) is 75.6 Å². The molecule has 0 saturated carbocycles. The third-order valence-corrected chi connectivity index (χ3v) is 3.20. The third-order valence-electron chi connectivity index (χ3n) is 2.74. The highest BCUT2D eigenvalue weighted by molar-refractivity contribution is 7.80. The summed E-state index contributed by atoms with van der Waals surface area (Å²) in [6.07, 6.45) is 0. The Morgan fingerprint density at radius 1 is 1.33 bits per heavy atom. The molecule has 116 valence electrons. The van der Waals surface area contributed by atoms with Crippen molar-refractivity contribution in [1.29, 1.82) is 0 Å². The summed E-state index contributed by atoms with van der Waals surface area (Å²) in [7, 11) is 0. The van der Waals surface area contributed by atoms with E-state index < -0.39 is 11.6 Å². The fourth-order valence-electron chi connectivity index (χ4n) is 1.74. The minimum Gasteiger partial charge on any atom is -0.478 e. The number of esters is 1. The fraction of sp³-hybridized carbons (Fsp3) is 0.467. The Kier molecular flexibility index (Phi) is 5.80. The number of aromatic carboxylic acids is 1. The Morgan fingerprint density at radius 3 is 2.48 bits per heavy atom. The number of thiol groups is 1. The summed E-state index contributed by atoms with van der Waals surface area (Å²) in [4.78, 5) is 23.2. The first-order valence-corrected chi connectivity index (χ1v) is 7.03. The molecule has 0 amide bonds. The molecule has 0 unspecified atom stereocenters. The molecule has 0 bridgehead atoms. The van der Waals surface area contributed by atoms with Crippen LogP contribution in [-0.4, -0.2) is 29.2 Å². The van der Waals surface area contributed by atoms with Gasteiger partial charge < -0.3 is 15.2 Å². The monoisotopic (exact) mass is 311 g/mol. The van der Waals surface area contributed by atoms with E-state index in [1.165, 1.54) is 6.07 Å². The molecule has 0 aromatic heterocycles. The van der Waals surface area contributed by atoms with Gasteiger partial charge in [0.05, 0.1) is 12.1 Å². The second-order valence-corrected chi connectivity index (χ2v) is 6.26. The lowest BCUT2D eigenvalue weighted by Crippen LogP contribution is -2.31. The van der Waals surface area contributed by atoms with Crippen LogP contribution in [0.4, 0.5) is 0 Å². The van der Waals surface area contributed by atoms with Gasteiger partial charge in [-0.1, -0.05) is 0 Å². The van der Waals surface area contributed by atoms with Crippen LogP contribution in [0.5, 0.6) is 0 Å². The highest BCUT2D eigenvalue weighted by Gasteiger charge is 2.16. The van der Waals surface area contributed by atoms with Gasteiger partial charge in [-0.3, -0.25) is 4.79 Å². The lowest BCUT2D eigenvalue weighted by atomic mass is 10.0. The summed E-state index contributed by atoms with van der Waals surface area (Å²) in [6.45, 7) is 7.71. The number of rotatable bonds is 5. The van der Waals surface area contributed by atoms with Crippen LogP contribution in [0.3, 0.4) is 0 Å². The van der Waals surface area contributed by atoms with Gasteiger partial charge in [-0.25, -0.2) is 4.79 Å². The van der Waals surface area contributed by atoms with Gasteiger partial charge in [0.25, 0.3) is 0 Å². The highest BCUT2D eigenvalue weighted by Crippen LogP contribution is 2.20. The maximum atomic E-state index is 11.6. The Labute approximate surface area is 130 Å². The molecule has 0 fully saturated rings. The number of nitrogens with one attached hydrogen (secondary N) is 1. The van der Waals surface area contributed by atoms with Gasteiger partial charge in [-0.15, -0.1) is 12.6 Å². The number of hydrogen-bond acceptors (Lipinski definition) is 5. The summed E-state index contributed by atoms with van der Waals surface area (Å²) in [5, 5.41) is 12.0. The smallest absolute Gasteiger partial charge is 0.335 e. The molecule has 0 aliphatic rings. The molecule has 0 saturated heterocycles. The van der Waals surface area contributed by atoms with E-state index in [1.54, 1.807) is 26.8 Å². The van der Waals surface area contributed by atoms with E-state index in [4.69, 9.17) is 9.84 Å². The van der Waals surface area contributed by atoms with Crippen LogP contribution in [-0.2, 0) is 16.1 Å². The van der Waals surface area contributed by atoms with Gasteiger partial charge in [-0.2, -0.15) is 0 Å². The van der Waals surface area contributed by atoms with Crippen molar-refractivity contribution in [2.24, 2.45) is 0 Å². The second-order valence-electron chi connectivity index (χ2n) is 5.77. The maximum Gasteiger partial charge on any atom is 0.335 e. The van der Waals surface area contributed by atoms with Crippen LogP contribution in [0.15, 0.2) is 17.0 Å². The van der Waals surface area contributed by atoms with Gasteiger partial charge >= 0.3 is 11.9 Å². The van der Waals surface area contributed by atoms with Crippen molar-refractivity contribution in [2.45, 2.75) is 44.7 Å². The van der Waals surface area contributed by atoms with Gasteiger partial charge in [0, 0.05) is 11.4 Å². The zero-order chi connectivity index (χ0) is 16.2. The summed E-state index contributed by atoms with van der Waals surface area (Å²) >= 11 is 4.27. The second kappa shape index (κ2) is 6.95. The van der Waals surface area contributed by atoms with Crippen molar-refractivity contribution in [3.8, 4) is 0 Å². The van der Waals surface area contributed by atoms with E-state index in [0.717, 1.165) is 11.1 Å². The van der Waals surface area contributed by atoms with Crippen LogP contribution in [0, 0.1) is 6.92 Å². The van der Waals surface area contributed by atoms with Crippen LogP contribution in [0.25, 0.3) is 0 Å². The van der Waals surface area contributed by atoms with Crippen LogP contribution in [0.2, 0.25) is 0 Å². The Morgan fingerprint density at radius 2 is 1.95 bits per heavy atom. The number of carbonyl (C=O) groups is 2. The number of benzene rings is 1. The van der Waals surface area contributed by atoms with Gasteiger partial charge in [-0.05, 0) is 51.0 Å². The molecule has 6 heteroatoms. The highest BCUT2D eigenvalue weighted by atomic mass is 32.1. The first kappa shape index (κ1) is 17.5. The molecule has 0 spiro atoms. The first-order valence-electron chi connectivity index (χ1n) is 6.58. The molecule has 1 aromatic rings. The molecule has 5 nitrogen and oxygen atoms in total. The van der Waals surface area contributed by atoms with E-state index in [9.17, 15) is 9.59 Å². The maximum absolute atomic E-state index is 11.6. The van der Waals surface area contributed by atoms with E-state index in [0.29, 0.717) is 11.4 Å². The van der Waals surface area contributed by atoms with Crippen LogP contribution < -0.4 is 5.32 Å². The van der Waals surface area contributed by atoms with Crippen molar-refractivity contribution in [3.05, 3.63) is 28.8 Å². The molecule has 0 radical (unpaired) electrons. The normalized spacial score (nSPS) is 11.3. The molecule has 1 rings (SSSR count). The summed E-state index contributed by atoms with van der Waals surface area (Å²) in [5.41, 5.74) is 1.35. The van der Waals surface area contributed by atoms with Crippen molar-refractivity contribution in [2.75, 3.05) is 6.54 Å². The first-order chi connectivity index (χ1) is 9.60. The summed E-state index contributed by atoms with van der Waals surface area (Å²) < 4.78 is 5.18. The minimum absolute atomic E-state index is 0.0654. The fourth-order valence-corrected chi connectivity index (χ4v) is 2.02. The minimum atomic E-state index is -1.00. The zero-order valence-corrected chi connectivity index (χ0v) is 13.6. The van der Waals surface area contributed by atoms with Gasteiger partial charge in [0.1, 0.15) is 5.60 Å². The van der Waals surface area contributed by atoms with E-state index in [-0.39, 0.29) is 18.1 Å². The van der Waals surface area contributed by atoms with Crippen molar-refractivity contribution >= 4 is 24.6 Å². The summed E-state index contributed by atoms with van der Waals surface area (Å²) in [5.74, 6) is -1.35. The summed E-state index contributed by atoms with van der Waals surface area (Å²) in [6, 6.07) is 3.09. The lowest BCUT2D eigenvalue weighted by molar-refractivity contribution is -0.153. The molecule has 2 N–H and O–H groups in total. The Balaban J connectivity index is 2.67. The largest absolute Gasteiger partial charge is 0.478 e. The molecule has 21 heavy (non-hydrogen) atoms. The van der Waals surface area contributed by atoms with Crippen molar-refractivity contribution in [3.63, 3.8) is 0 Å². The van der Waals surface area contributed by atoms with E-state index >= 15 is 0 Å². The number of carbonyl (C=O) groups excluding carboxylic acids is 1. The molecular weight excluding hydrogens is 290 g/mol. The van der Waals surface area contributed by atoms with Crippen LogP contribution >= 0.6 is 12.6 Å². The molecule has 0 atom stereocenters. The Hall–Kier alpha value is -1.53. The molecule has 1 aromatic carbocycles. The van der Waals surface area contributed by atoms with Crippen LogP contribution in [0.1, 0.15) is 42.3 Å². The number of ether oxygens (including phenoxy) is 1. The standard InChI is InChI=1S/C15H21NO4S/c1-9-11(5-10(14(18)19)6-12(9)21)7-16-8-13(17)20-15(2,3)4/h5-6,16,21H,7-8H2,1-4H3,(H,18,19).